The third-order valence-corrected chi connectivity index (χ3v) is 3.71. The maximum atomic E-state index is 10.8. The molecule has 1 saturated carbocycles. The second kappa shape index (κ2) is 3.43. The summed E-state index contributed by atoms with van der Waals surface area (Å²) in [6, 6.07) is 4.54. The highest BCUT2D eigenvalue weighted by molar-refractivity contribution is 5.51. The van der Waals surface area contributed by atoms with Gasteiger partial charge < -0.3 is 10.8 Å². The molecule has 0 heterocycles. The second-order valence-electron chi connectivity index (χ2n) is 5.26. The zero-order chi connectivity index (χ0) is 12.8. The normalized spacial score (nSPS) is 17.8. The van der Waals surface area contributed by atoms with Crippen molar-refractivity contribution in [2.24, 2.45) is 5.73 Å². The summed E-state index contributed by atoms with van der Waals surface area (Å²) in [5, 5.41) is 20.2. The number of nitro benzene ring substituents is 1. The molecule has 1 aromatic rings. The average Bonchev–Trinajstić information content (AvgIpc) is 2.97. The van der Waals surface area contributed by atoms with E-state index in [1.165, 1.54) is 12.1 Å². The summed E-state index contributed by atoms with van der Waals surface area (Å²) in [6.07, 6.45) is 1.86. The first-order chi connectivity index (χ1) is 7.78. The van der Waals surface area contributed by atoms with Crippen molar-refractivity contribution >= 4 is 5.69 Å². The predicted octanol–water partition coefficient (Wildman–Crippen LogP) is 2.07. The van der Waals surface area contributed by atoms with Crippen LogP contribution in [0.25, 0.3) is 0 Å². The van der Waals surface area contributed by atoms with Gasteiger partial charge in [0.1, 0.15) is 0 Å². The van der Waals surface area contributed by atoms with Crippen LogP contribution in [0.15, 0.2) is 18.2 Å². The van der Waals surface area contributed by atoms with E-state index in [4.69, 9.17) is 5.73 Å². The number of nitrogens with zero attached hydrogens (tertiary/aromatic N) is 1. The molecule has 1 aliphatic rings. The van der Waals surface area contributed by atoms with Gasteiger partial charge in [-0.05, 0) is 38.3 Å². The van der Waals surface area contributed by atoms with Crippen molar-refractivity contribution in [3.05, 3.63) is 33.9 Å². The number of aromatic hydroxyl groups is 1. The molecular formula is C12H16N2O3. The number of hydrogen-bond acceptors (Lipinski definition) is 4. The maximum Gasteiger partial charge on any atom is 0.310 e. The molecule has 17 heavy (non-hydrogen) atoms. The fraction of sp³-hybridized carbons (Fsp3) is 0.500. The molecule has 0 unspecified atom stereocenters. The van der Waals surface area contributed by atoms with Gasteiger partial charge >= 0.3 is 5.69 Å². The Balaban J connectivity index is 2.48. The van der Waals surface area contributed by atoms with Gasteiger partial charge in [0.05, 0.1) is 4.92 Å². The minimum Gasteiger partial charge on any atom is -0.502 e. The van der Waals surface area contributed by atoms with E-state index < -0.39 is 10.5 Å². The standard InChI is InChI=1S/C12H16N2O3/c1-11(2,13)12(5-6-12)8-3-4-10(15)9(7-8)14(16)17/h3-4,7,15H,5-6,13H2,1-2H3. The molecule has 0 radical (unpaired) electrons. The lowest BCUT2D eigenvalue weighted by molar-refractivity contribution is -0.386. The molecular weight excluding hydrogens is 220 g/mol. The Morgan fingerprint density at radius 3 is 2.47 bits per heavy atom. The summed E-state index contributed by atoms with van der Waals surface area (Å²) < 4.78 is 0. The van der Waals surface area contributed by atoms with Crippen LogP contribution in [0.3, 0.4) is 0 Å². The topological polar surface area (TPSA) is 89.4 Å². The van der Waals surface area contributed by atoms with E-state index in [1.54, 1.807) is 6.07 Å². The summed E-state index contributed by atoms with van der Waals surface area (Å²) in [5.41, 5.74) is 6.12. The van der Waals surface area contributed by atoms with Crippen LogP contribution >= 0.6 is 0 Å². The van der Waals surface area contributed by atoms with Crippen LogP contribution in [0, 0.1) is 10.1 Å². The zero-order valence-electron chi connectivity index (χ0n) is 9.93. The van der Waals surface area contributed by atoms with Crippen molar-refractivity contribution in [3.63, 3.8) is 0 Å². The maximum absolute atomic E-state index is 10.8. The lowest BCUT2D eigenvalue weighted by atomic mass is 9.79. The Hall–Kier alpha value is -1.62. The summed E-state index contributed by atoms with van der Waals surface area (Å²) in [6.45, 7) is 3.86. The Morgan fingerprint density at radius 1 is 1.47 bits per heavy atom. The molecule has 1 fully saturated rings. The minimum atomic E-state index is -0.571. The van der Waals surface area contributed by atoms with Gasteiger partial charge in [0.15, 0.2) is 5.75 Å². The number of rotatable bonds is 3. The molecule has 0 bridgehead atoms. The number of phenolic OH excluding ortho intramolecular Hbond substituents is 1. The first-order valence-corrected chi connectivity index (χ1v) is 5.55. The van der Waals surface area contributed by atoms with Crippen molar-refractivity contribution in [2.45, 2.75) is 37.6 Å². The van der Waals surface area contributed by atoms with Crippen LogP contribution in [0.1, 0.15) is 32.3 Å². The van der Waals surface area contributed by atoms with Gasteiger partial charge in [-0.1, -0.05) is 6.07 Å². The zero-order valence-corrected chi connectivity index (χ0v) is 9.93. The molecule has 92 valence electrons. The van der Waals surface area contributed by atoms with Gasteiger partial charge in [0.2, 0.25) is 0 Å². The Kier molecular flexibility index (Phi) is 2.39. The molecule has 5 nitrogen and oxygen atoms in total. The molecule has 1 aliphatic carbocycles. The first-order valence-electron chi connectivity index (χ1n) is 5.55. The van der Waals surface area contributed by atoms with E-state index in [-0.39, 0.29) is 16.9 Å². The highest BCUT2D eigenvalue weighted by atomic mass is 16.6. The minimum absolute atomic E-state index is 0.189. The van der Waals surface area contributed by atoms with Gasteiger partial charge in [-0.15, -0.1) is 0 Å². The van der Waals surface area contributed by atoms with Crippen LogP contribution in [0.5, 0.6) is 5.75 Å². The smallest absolute Gasteiger partial charge is 0.310 e. The first kappa shape index (κ1) is 11.9. The van der Waals surface area contributed by atoms with E-state index in [0.717, 1.165) is 18.4 Å². The van der Waals surface area contributed by atoms with Crippen LogP contribution in [-0.2, 0) is 5.41 Å². The molecule has 0 aromatic heterocycles. The number of nitro groups is 1. The van der Waals surface area contributed by atoms with Gasteiger partial charge in [-0.2, -0.15) is 0 Å². The van der Waals surface area contributed by atoms with E-state index in [9.17, 15) is 15.2 Å². The number of hydrogen-bond donors (Lipinski definition) is 2. The SMILES string of the molecule is CC(C)(N)C1(c2ccc(O)c([N+](=O)[O-])c2)CC1. The van der Waals surface area contributed by atoms with E-state index in [2.05, 4.69) is 0 Å². The molecule has 0 amide bonds. The van der Waals surface area contributed by atoms with E-state index >= 15 is 0 Å². The van der Waals surface area contributed by atoms with E-state index in [0.29, 0.717) is 0 Å². The summed E-state index contributed by atoms with van der Waals surface area (Å²) in [4.78, 5) is 10.2. The predicted molar refractivity (Wildman–Crippen MR) is 63.9 cm³/mol. The van der Waals surface area contributed by atoms with Crippen molar-refractivity contribution in [3.8, 4) is 5.75 Å². The van der Waals surface area contributed by atoms with Gasteiger partial charge in [0.25, 0.3) is 0 Å². The van der Waals surface area contributed by atoms with Crippen LogP contribution < -0.4 is 5.73 Å². The van der Waals surface area contributed by atoms with Crippen LogP contribution in [0.4, 0.5) is 5.69 Å². The van der Waals surface area contributed by atoms with Crippen molar-refractivity contribution in [1.29, 1.82) is 0 Å². The van der Waals surface area contributed by atoms with Crippen molar-refractivity contribution in [2.75, 3.05) is 0 Å². The Labute approximate surface area is 99.4 Å². The molecule has 0 atom stereocenters. The van der Waals surface area contributed by atoms with Gasteiger partial charge in [-0.3, -0.25) is 10.1 Å². The fourth-order valence-electron chi connectivity index (χ4n) is 2.40. The highest BCUT2D eigenvalue weighted by Crippen LogP contribution is 2.55. The van der Waals surface area contributed by atoms with E-state index in [1.807, 2.05) is 13.8 Å². The summed E-state index contributed by atoms with van der Waals surface area (Å²) in [5.74, 6) is -0.302. The molecule has 0 aliphatic heterocycles. The fourth-order valence-corrected chi connectivity index (χ4v) is 2.40. The number of phenols is 1. The highest BCUT2D eigenvalue weighted by Gasteiger charge is 2.54. The van der Waals surface area contributed by atoms with Crippen LogP contribution in [-0.4, -0.2) is 15.6 Å². The summed E-state index contributed by atoms with van der Waals surface area (Å²) >= 11 is 0. The molecule has 1 aromatic carbocycles. The van der Waals surface area contributed by atoms with Crippen molar-refractivity contribution < 1.29 is 10.0 Å². The van der Waals surface area contributed by atoms with Crippen molar-refractivity contribution in [1.82, 2.24) is 0 Å². The summed E-state index contributed by atoms with van der Waals surface area (Å²) in [7, 11) is 0. The largest absolute Gasteiger partial charge is 0.502 e. The molecule has 0 spiro atoms. The number of benzene rings is 1. The quantitative estimate of drug-likeness (QED) is 0.621. The second-order valence-corrected chi connectivity index (χ2v) is 5.26. The monoisotopic (exact) mass is 236 g/mol. The van der Waals surface area contributed by atoms with Gasteiger partial charge in [-0.25, -0.2) is 0 Å². The van der Waals surface area contributed by atoms with Crippen LogP contribution in [0.2, 0.25) is 0 Å². The third kappa shape index (κ3) is 1.76. The lowest BCUT2D eigenvalue weighted by Crippen LogP contribution is -2.45. The molecule has 2 rings (SSSR count). The number of nitrogens with two attached hydrogens (primary N) is 1. The molecule has 0 saturated heterocycles. The Bertz CT molecular complexity index is 473. The average molecular weight is 236 g/mol. The molecule has 5 heteroatoms. The Morgan fingerprint density at radius 2 is 2.06 bits per heavy atom. The lowest BCUT2D eigenvalue weighted by Gasteiger charge is -2.31. The van der Waals surface area contributed by atoms with Gasteiger partial charge in [0, 0.05) is 17.0 Å². The third-order valence-electron chi connectivity index (χ3n) is 3.71. The molecule has 3 N–H and O–H groups in total.